The van der Waals surface area contributed by atoms with Crippen LogP contribution in [0.4, 0.5) is 5.82 Å². The van der Waals surface area contributed by atoms with Crippen molar-refractivity contribution < 1.29 is 19.1 Å². The normalized spacial score (nSPS) is 13.4. The van der Waals surface area contributed by atoms with Crippen LogP contribution in [0.2, 0.25) is 5.02 Å². The van der Waals surface area contributed by atoms with E-state index in [2.05, 4.69) is 15.1 Å². The Morgan fingerprint density at radius 3 is 2.30 bits per heavy atom. The summed E-state index contributed by atoms with van der Waals surface area (Å²) >= 11 is 6.22. The summed E-state index contributed by atoms with van der Waals surface area (Å²) in [5, 5.41) is 9.13. The summed E-state index contributed by atoms with van der Waals surface area (Å²) in [5.41, 5.74) is 2.11. The molecule has 1 aliphatic heterocycles. The van der Waals surface area contributed by atoms with Gasteiger partial charge < -0.3 is 24.2 Å². The van der Waals surface area contributed by atoms with Crippen molar-refractivity contribution in [2.45, 2.75) is 0 Å². The zero-order valence-electron chi connectivity index (χ0n) is 21.0. The van der Waals surface area contributed by atoms with Gasteiger partial charge in [0.2, 0.25) is 5.91 Å². The Hall–Kier alpha value is -3.69. The van der Waals surface area contributed by atoms with Gasteiger partial charge in [-0.25, -0.2) is 0 Å². The summed E-state index contributed by atoms with van der Waals surface area (Å²) in [7, 11) is 3.19. The van der Waals surface area contributed by atoms with E-state index in [1.807, 2.05) is 36.4 Å². The van der Waals surface area contributed by atoms with E-state index >= 15 is 0 Å². The number of benzene rings is 2. The van der Waals surface area contributed by atoms with Gasteiger partial charge in [-0.1, -0.05) is 23.7 Å². The van der Waals surface area contributed by atoms with Crippen molar-refractivity contribution >= 4 is 29.2 Å². The van der Waals surface area contributed by atoms with Gasteiger partial charge in [-0.3, -0.25) is 9.59 Å². The molecule has 4 rings (SSSR count). The van der Waals surface area contributed by atoms with Crippen molar-refractivity contribution in [3.63, 3.8) is 0 Å². The molecule has 0 saturated carbocycles. The highest BCUT2D eigenvalue weighted by Gasteiger charge is 2.26. The van der Waals surface area contributed by atoms with Crippen LogP contribution in [0.25, 0.3) is 11.3 Å². The molecule has 1 aliphatic rings. The van der Waals surface area contributed by atoms with E-state index in [9.17, 15) is 9.59 Å². The van der Waals surface area contributed by atoms with E-state index < -0.39 is 0 Å². The summed E-state index contributed by atoms with van der Waals surface area (Å²) in [6, 6.07) is 18.4. The van der Waals surface area contributed by atoms with Gasteiger partial charge in [0.1, 0.15) is 12.3 Å². The number of amides is 2. The fraction of sp³-hybridized carbons (Fsp3) is 0.333. The smallest absolute Gasteiger partial charge is 0.255 e. The van der Waals surface area contributed by atoms with Crippen LogP contribution in [0.5, 0.6) is 5.75 Å². The number of halogens is 1. The second-order valence-corrected chi connectivity index (χ2v) is 8.98. The molecule has 0 radical (unpaired) electrons. The molecule has 194 valence electrons. The van der Waals surface area contributed by atoms with Crippen molar-refractivity contribution in [3.8, 4) is 17.0 Å². The van der Waals surface area contributed by atoms with Crippen molar-refractivity contribution in [1.82, 2.24) is 20.0 Å². The molecule has 9 nitrogen and oxygen atoms in total. The number of nitrogens with zero attached hydrogens (tertiary/aromatic N) is 5. The standard InChI is InChI=1S/C27H30ClN5O4/c1-36-18-17-33(27(35)22-5-3-4-6-23(22)28)19-26(34)32-15-13-31(14-16-32)25-12-11-24(29-30-25)20-7-9-21(37-2)10-8-20/h3-12H,13-19H2,1-2H3. The van der Waals surface area contributed by atoms with Crippen LogP contribution < -0.4 is 9.64 Å². The van der Waals surface area contributed by atoms with Gasteiger partial charge in [-0.05, 0) is 48.5 Å². The first-order valence-corrected chi connectivity index (χ1v) is 12.4. The SMILES string of the molecule is COCCN(CC(=O)N1CCN(c2ccc(-c3ccc(OC)cc3)nn2)CC1)C(=O)c1ccccc1Cl. The van der Waals surface area contributed by atoms with E-state index in [0.29, 0.717) is 49.9 Å². The molecule has 10 heteroatoms. The first-order chi connectivity index (χ1) is 18.0. The topological polar surface area (TPSA) is 88.1 Å². The second kappa shape index (κ2) is 12.5. The number of methoxy groups -OCH3 is 2. The van der Waals surface area contributed by atoms with Crippen molar-refractivity contribution in [2.75, 3.05) is 65.0 Å². The molecule has 0 atom stereocenters. The number of piperazine rings is 1. The van der Waals surface area contributed by atoms with Gasteiger partial charge in [-0.15, -0.1) is 10.2 Å². The minimum atomic E-state index is -0.290. The first kappa shape index (κ1) is 26.4. The molecule has 3 aromatic rings. The summed E-state index contributed by atoms with van der Waals surface area (Å²) in [5.74, 6) is 1.15. The summed E-state index contributed by atoms with van der Waals surface area (Å²) < 4.78 is 10.4. The van der Waals surface area contributed by atoms with Crippen LogP contribution in [0.15, 0.2) is 60.7 Å². The Kier molecular flexibility index (Phi) is 8.92. The van der Waals surface area contributed by atoms with Crippen LogP contribution in [0.1, 0.15) is 10.4 Å². The molecular weight excluding hydrogens is 494 g/mol. The number of rotatable bonds is 9. The zero-order chi connectivity index (χ0) is 26.2. The lowest BCUT2D eigenvalue weighted by Gasteiger charge is -2.36. The van der Waals surface area contributed by atoms with Gasteiger partial charge >= 0.3 is 0 Å². The summed E-state index contributed by atoms with van der Waals surface area (Å²) in [4.78, 5) is 31.5. The summed E-state index contributed by atoms with van der Waals surface area (Å²) in [6.45, 7) is 2.88. The number of hydrogen-bond acceptors (Lipinski definition) is 7. The number of hydrogen-bond donors (Lipinski definition) is 0. The third kappa shape index (κ3) is 6.55. The lowest BCUT2D eigenvalue weighted by Crippen LogP contribution is -2.52. The number of aromatic nitrogens is 2. The number of carbonyl (C=O) groups is 2. The van der Waals surface area contributed by atoms with Crippen LogP contribution in [-0.4, -0.2) is 91.9 Å². The molecule has 37 heavy (non-hydrogen) atoms. The maximum absolute atomic E-state index is 13.1. The van der Waals surface area contributed by atoms with Crippen LogP contribution in [0.3, 0.4) is 0 Å². The van der Waals surface area contributed by atoms with E-state index in [1.54, 1.807) is 43.4 Å². The molecule has 0 N–H and O–H groups in total. The van der Waals surface area contributed by atoms with Gasteiger partial charge in [0, 0.05) is 45.4 Å². The minimum absolute atomic E-state index is 0.0379. The molecule has 0 aliphatic carbocycles. The van der Waals surface area contributed by atoms with Crippen molar-refractivity contribution in [1.29, 1.82) is 0 Å². The molecule has 0 unspecified atom stereocenters. The third-order valence-electron chi connectivity index (χ3n) is 6.28. The molecule has 2 aromatic carbocycles. The predicted molar refractivity (Wildman–Crippen MR) is 142 cm³/mol. The molecule has 1 aromatic heterocycles. The van der Waals surface area contributed by atoms with Crippen LogP contribution in [0, 0.1) is 0 Å². The molecule has 1 fully saturated rings. The Labute approximate surface area is 221 Å². The van der Waals surface area contributed by atoms with Crippen molar-refractivity contribution in [2.24, 2.45) is 0 Å². The Balaban J connectivity index is 1.34. The van der Waals surface area contributed by atoms with Gasteiger partial charge in [-0.2, -0.15) is 0 Å². The predicted octanol–water partition coefficient (Wildman–Crippen LogP) is 3.24. The average molecular weight is 524 g/mol. The number of anilines is 1. The van der Waals surface area contributed by atoms with E-state index in [1.165, 1.54) is 4.90 Å². The maximum atomic E-state index is 13.1. The quantitative estimate of drug-likeness (QED) is 0.425. The molecule has 2 heterocycles. The van der Waals surface area contributed by atoms with E-state index in [4.69, 9.17) is 21.1 Å². The molecule has 0 bridgehead atoms. The highest BCUT2D eigenvalue weighted by atomic mass is 35.5. The minimum Gasteiger partial charge on any atom is -0.497 e. The average Bonchev–Trinajstić information content (AvgIpc) is 2.95. The molecule has 2 amide bonds. The molecule has 0 spiro atoms. The van der Waals surface area contributed by atoms with Crippen LogP contribution in [-0.2, 0) is 9.53 Å². The van der Waals surface area contributed by atoms with Gasteiger partial charge in [0.05, 0.1) is 30.0 Å². The second-order valence-electron chi connectivity index (χ2n) is 8.57. The molecule has 1 saturated heterocycles. The van der Waals surface area contributed by atoms with E-state index in [0.717, 1.165) is 22.8 Å². The first-order valence-electron chi connectivity index (χ1n) is 12.0. The summed E-state index contributed by atoms with van der Waals surface area (Å²) in [6.07, 6.45) is 0. The highest BCUT2D eigenvalue weighted by Crippen LogP contribution is 2.22. The lowest BCUT2D eigenvalue weighted by molar-refractivity contribution is -0.132. The van der Waals surface area contributed by atoms with E-state index in [-0.39, 0.29) is 18.4 Å². The highest BCUT2D eigenvalue weighted by molar-refractivity contribution is 6.33. The lowest BCUT2D eigenvalue weighted by atomic mass is 10.1. The fourth-order valence-electron chi connectivity index (χ4n) is 4.12. The Morgan fingerprint density at radius 1 is 0.946 bits per heavy atom. The van der Waals surface area contributed by atoms with Crippen molar-refractivity contribution in [3.05, 3.63) is 71.2 Å². The molecular formula is C27H30ClN5O4. The Bertz CT molecular complexity index is 1200. The van der Waals surface area contributed by atoms with Gasteiger partial charge in [0.25, 0.3) is 5.91 Å². The maximum Gasteiger partial charge on any atom is 0.255 e. The third-order valence-corrected chi connectivity index (χ3v) is 6.61. The number of carbonyl (C=O) groups excluding carboxylic acids is 2. The monoisotopic (exact) mass is 523 g/mol. The van der Waals surface area contributed by atoms with Gasteiger partial charge in [0.15, 0.2) is 5.82 Å². The number of ether oxygens (including phenoxy) is 2. The zero-order valence-corrected chi connectivity index (χ0v) is 21.7. The Morgan fingerprint density at radius 2 is 1.68 bits per heavy atom. The largest absolute Gasteiger partial charge is 0.497 e. The fourth-order valence-corrected chi connectivity index (χ4v) is 4.33. The van der Waals surface area contributed by atoms with Crippen LogP contribution >= 0.6 is 11.6 Å².